The van der Waals surface area contributed by atoms with Gasteiger partial charge >= 0.3 is 0 Å². The molecule has 20 heavy (non-hydrogen) atoms. The van der Waals surface area contributed by atoms with Gasteiger partial charge in [-0.3, -0.25) is 4.79 Å². The first-order valence-corrected chi connectivity index (χ1v) is 7.23. The standard InChI is InChI=1S/C15H16BrNO3/c1-2-7-20-14-6-5-11(9-13(14)16)15(18)17-10-12-4-3-8-19-12/h3-6,8-9H,2,7,10H2,1H3,(H,17,18). The largest absolute Gasteiger partial charge is 0.492 e. The van der Waals surface area contributed by atoms with E-state index < -0.39 is 0 Å². The van der Waals surface area contributed by atoms with Crippen molar-refractivity contribution in [1.82, 2.24) is 5.32 Å². The van der Waals surface area contributed by atoms with Crippen molar-refractivity contribution in [3.8, 4) is 5.75 Å². The highest BCUT2D eigenvalue weighted by Gasteiger charge is 2.09. The number of ether oxygens (including phenoxy) is 1. The van der Waals surface area contributed by atoms with E-state index in [4.69, 9.17) is 9.15 Å². The van der Waals surface area contributed by atoms with Gasteiger partial charge in [-0.15, -0.1) is 0 Å². The number of rotatable bonds is 6. The van der Waals surface area contributed by atoms with Gasteiger partial charge in [0.05, 0.1) is 23.9 Å². The van der Waals surface area contributed by atoms with Gasteiger partial charge < -0.3 is 14.5 Å². The number of nitrogens with one attached hydrogen (secondary N) is 1. The van der Waals surface area contributed by atoms with Gasteiger partial charge in [0, 0.05) is 5.56 Å². The third-order valence-electron chi connectivity index (χ3n) is 2.66. The number of hydrogen-bond acceptors (Lipinski definition) is 3. The number of benzene rings is 1. The molecule has 0 radical (unpaired) electrons. The number of carbonyl (C=O) groups excluding carboxylic acids is 1. The maximum atomic E-state index is 12.0. The SMILES string of the molecule is CCCOc1ccc(C(=O)NCc2ccco2)cc1Br. The molecule has 1 aromatic carbocycles. The summed E-state index contributed by atoms with van der Waals surface area (Å²) in [4.78, 5) is 12.0. The Morgan fingerprint density at radius 2 is 2.25 bits per heavy atom. The predicted molar refractivity (Wildman–Crippen MR) is 79.8 cm³/mol. The Bertz CT molecular complexity index is 567. The van der Waals surface area contributed by atoms with Gasteiger partial charge in [0.2, 0.25) is 0 Å². The minimum atomic E-state index is -0.149. The maximum absolute atomic E-state index is 12.0. The molecule has 1 heterocycles. The zero-order chi connectivity index (χ0) is 14.4. The van der Waals surface area contributed by atoms with E-state index in [1.54, 1.807) is 30.5 Å². The quantitative estimate of drug-likeness (QED) is 0.873. The van der Waals surface area contributed by atoms with Crippen molar-refractivity contribution in [2.75, 3.05) is 6.61 Å². The van der Waals surface area contributed by atoms with Crippen molar-refractivity contribution in [2.45, 2.75) is 19.9 Å². The average molecular weight is 338 g/mol. The molecule has 4 nitrogen and oxygen atoms in total. The molecule has 0 fully saturated rings. The van der Waals surface area contributed by atoms with Gasteiger partial charge in [-0.1, -0.05) is 6.92 Å². The van der Waals surface area contributed by atoms with Crippen LogP contribution in [0.3, 0.4) is 0 Å². The van der Waals surface area contributed by atoms with Gasteiger partial charge in [-0.2, -0.15) is 0 Å². The molecule has 0 aliphatic heterocycles. The third kappa shape index (κ3) is 3.87. The number of carbonyl (C=O) groups is 1. The van der Waals surface area contributed by atoms with Crippen molar-refractivity contribution in [3.63, 3.8) is 0 Å². The second-order valence-corrected chi connectivity index (χ2v) is 5.11. The van der Waals surface area contributed by atoms with Crippen LogP contribution in [0.25, 0.3) is 0 Å². The first-order chi connectivity index (χ1) is 9.70. The van der Waals surface area contributed by atoms with Gasteiger partial charge in [0.15, 0.2) is 0 Å². The molecule has 106 valence electrons. The van der Waals surface area contributed by atoms with Crippen LogP contribution in [0.1, 0.15) is 29.5 Å². The molecule has 5 heteroatoms. The number of furan rings is 1. The zero-order valence-corrected chi connectivity index (χ0v) is 12.8. The predicted octanol–water partition coefficient (Wildman–Crippen LogP) is 3.76. The molecule has 0 aliphatic rings. The molecule has 1 N–H and O–H groups in total. The van der Waals surface area contributed by atoms with Gasteiger partial charge in [-0.05, 0) is 52.7 Å². The molecule has 1 aromatic heterocycles. The average Bonchev–Trinajstić information content (AvgIpc) is 2.96. The van der Waals surface area contributed by atoms with E-state index in [0.717, 1.165) is 22.4 Å². The van der Waals surface area contributed by atoms with Crippen molar-refractivity contribution in [3.05, 3.63) is 52.4 Å². The lowest BCUT2D eigenvalue weighted by Gasteiger charge is -2.09. The fourth-order valence-corrected chi connectivity index (χ4v) is 2.15. The number of halogens is 1. The van der Waals surface area contributed by atoms with E-state index >= 15 is 0 Å². The summed E-state index contributed by atoms with van der Waals surface area (Å²) in [6, 6.07) is 8.90. The van der Waals surface area contributed by atoms with Gasteiger partial charge in [-0.25, -0.2) is 0 Å². The summed E-state index contributed by atoms with van der Waals surface area (Å²) in [6.45, 7) is 3.07. The van der Waals surface area contributed by atoms with E-state index in [0.29, 0.717) is 18.7 Å². The highest BCUT2D eigenvalue weighted by Crippen LogP contribution is 2.26. The monoisotopic (exact) mass is 337 g/mol. The van der Waals surface area contributed by atoms with E-state index in [-0.39, 0.29) is 5.91 Å². The second-order valence-electron chi connectivity index (χ2n) is 4.26. The molecule has 2 rings (SSSR count). The molecular weight excluding hydrogens is 322 g/mol. The van der Waals surface area contributed by atoms with E-state index in [2.05, 4.69) is 21.2 Å². The van der Waals surface area contributed by atoms with Crippen molar-refractivity contribution in [1.29, 1.82) is 0 Å². The lowest BCUT2D eigenvalue weighted by atomic mass is 10.2. The summed E-state index contributed by atoms with van der Waals surface area (Å²) in [7, 11) is 0. The first kappa shape index (κ1) is 14.7. The molecule has 0 unspecified atom stereocenters. The van der Waals surface area contributed by atoms with E-state index in [1.165, 1.54) is 0 Å². The highest BCUT2D eigenvalue weighted by atomic mass is 79.9. The van der Waals surface area contributed by atoms with Crippen LogP contribution in [0.5, 0.6) is 5.75 Å². The molecular formula is C15H16BrNO3. The van der Waals surface area contributed by atoms with Crippen LogP contribution in [-0.2, 0) is 6.54 Å². The maximum Gasteiger partial charge on any atom is 0.251 e. The lowest BCUT2D eigenvalue weighted by molar-refractivity contribution is 0.0948. The minimum Gasteiger partial charge on any atom is -0.492 e. The van der Waals surface area contributed by atoms with Crippen molar-refractivity contribution < 1.29 is 13.9 Å². The van der Waals surface area contributed by atoms with Crippen LogP contribution in [0, 0.1) is 0 Å². The fraction of sp³-hybridized carbons (Fsp3) is 0.267. The zero-order valence-electron chi connectivity index (χ0n) is 11.2. The summed E-state index contributed by atoms with van der Waals surface area (Å²) in [5, 5.41) is 2.80. The number of hydrogen-bond donors (Lipinski definition) is 1. The Kier molecular flexibility index (Phi) is 5.24. The minimum absolute atomic E-state index is 0.149. The van der Waals surface area contributed by atoms with Gasteiger partial charge in [0.25, 0.3) is 5.91 Å². The molecule has 0 spiro atoms. The Morgan fingerprint density at radius 1 is 1.40 bits per heavy atom. The Balaban J connectivity index is 1.97. The summed E-state index contributed by atoms with van der Waals surface area (Å²) in [6.07, 6.45) is 2.52. The van der Waals surface area contributed by atoms with Crippen molar-refractivity contribution >= 4 is 21.8 Å². The van der Waals surface area contributed by atoms with Crippen LogP contribution in [0.2, 0.25) is 0 Å². The van der Waals surface area contributed by atoms with E-state index in [9.17, 15) is 4.79 Å². The summed E-state index contributed by atoms with van der Waals surface area (Å²) < 4.78 is 11.5. The van der Waals surface area contributed by atoms with Crippen LogP contribution in [-0.4, -0.2) is 12.5 Å². The first-order valence-electron chi connectivity index (χ1n) is 6.43. The highest BCUT2D eigenvalue weighted by molar-refractivity contribution is 9.10. The molecule has 1 amide bonds. The number of amides is 1. The second kappa shape index (κ2) is 7.14. The lowest BCUT2D eigenvalue weighted by Crippen LogP contribution is -2.22. The smallest absolute Gasteiger partial charge is 0.251 e. The van der Waals surface area contributed by atoms with Gasteiger partial charge in [0.1, 0.15) is 11.5 Å². The molecule has 0 aliphatic carbocycles. The molecule has 0 saturated heterocycles. The van der Waals surface area contributed by atoms with Crippen LogP contribution in [0.4, 0.5) is 0 Å². The Hall–Kier alpha value is -1.75. The Morgan fingerprint density at radius 3 is 2.90 bits per heavy atom. The molecule has 0 atom stereocenters. The summed E-state index contributed by atoms with van der Waals surface area (Å²) in [5.74, 6) is 1.32. The third-order valence-corrected chi connectivity index (χ3v) is 3.28. The summed E-state index contributed by atoms with van der Waals surface area (Å²) in [5.41, 5.74) is 0.576. The molecule has 2 aromatic rings. The Labute approximate surface area is 126 Å². The van der Waals surface area contributed by atoms with Crippen molar-refractivity contribution in [2.24, 2.45) is 0 Å². The molecule has 0 bridgehead atoms. The fourth-order valence-electron chi connectivity index (χ4n) is 1.65. The summed E-state index contributed by atoms with van der Waals surface area (Å²) >= 11 is 3.41. The topological polar surface area (TPSA) is 51.5 Å². The van der Waals surface area contributed by atoms with Crippen LogP contribution >= 0.6 is 15.9 Å². The van der Waals surface area contributed by atoms with Crippen LogP contribution < -0.4 is 10.1 Å². The van der Waals surface area contributed by atoms with E-state index in [1.807, 2.05) is 13.0 Å². The molecule has 0 saturated carbocycles. The van der Waals surface area contributed by atoms with Crippen LogP contribution in [0.15, 0.2) is 45.5 Å². The normalized spacial score (nSPS) is 10.3.